The number of nitrogens with zero attached hydrogens (tertiary/aromatic N) is 2. The van der Waals surface area contributed by atoms with E-state index in [0.717, 1.165) is 13.1 Å². The van der Waals surface area contributed by atoms with Gasteiger partial charge in [-0.05, 0) is 30.8 Å². The van der Waals surface area contributed by atoms with Gasteiger partial charge in [-0.25, -0.2) is 0 Å². The number of hydrogen-bond acceptors (Lipinski definition) is 4. The molecule has 1 N–H and O–H groups in total. The molecule has 6 heteroatoms. The summed E-state index contributed by atoms with van der Waals surface area (Å²) in [5.74, 6) is 0.232. The third-order valence-corrected chi connectivity index (χ3v) is 5.04. The number of anilines is 1. The first-order chi connectivity index (χ1) is 13.6. The second-order valence-electron chi connectivity index (χ2n) is 6.69. The molecule has 0 saturated carbocycles. The molecule has 2 aromatic carbocycles. The van der Waals surface area contributed by atoms with Crippen LogP contribution in [0.4, 0.5) is 5.69 Å². The van der Waals surface area contributed by atoms with E-state index in [0.29, 0.717) is 18.0 Å². The highest BCUT2D eigenvalue weighted by atomic mass is 16.5. The molecule has 1 unspecified atom stereocenters. The molecule has 148 valence electrons. The van der Waals surface area contributed by atoms with E-state index in [4.69, 9.17) is 4.74 Å². The van der Waals surface area contributed by atoms with Gasteiger partial charge in [0.05, 0.1) is 11.7 Å². The number of likely N-dealkylation sites (N-methyl/N-ethyl adjacent to an activating group) is 1. The fourth-order valence-electron chi connectivity index (χ4n) is 3.53. The summed E-state index contributed by atoms with van der Waals surface area (Å²) in [4.78, 5) is 28.7. The third kappa shape index (κ3) is 4.51. The second kappa shape index (κ2) is 9.37. The normalized spacial score (nSPS) is 14.4. The lowest BCUT2D eigenvalue weighted by Gasteiger charge is -2.31. The third-order valence-electron chi connectivity index (χ3n) is 5.04. The zero-order valence-electron chi connectivity index (χ0n) is 16.4. The van der Waals surface area contributed by atoms with Gasteiger partial charge >= 0.3 is 0 Å². The molecular formula is C22H27N3O3. The molecule has 0 bridgehead atoms. The topological polar surface area (TPSA) is 61.9 Å². The molecule has 0 spiro atoms. The molecule has 0 aliphatic carbocycles. The van der Waals surface area contributed by atoms with Gasteiger partial charge in [-0.3, -0.25) is 19.4 Å². The summed E-state index contributed by atoms with van der Waals surface area (Å²) in [6.07, 6.45) is 0. The summed E-state index contributed by atoms with van der Waals surface area (Å²) in [7, 11) is 0. The van der Waals surface area contributed by atoms with Crippen LogP contribution < -0.4 is 15.0 Å². The molecule has 1 aliphatic rings. The summed E-state index contributed by atoms with van der Waals surface area (Å²) >= 11 is 0. The Kier molecular flexibility index (Phi) is 6.66. The first-order valence-corrected chi connectivity index (χ1v) is 9.71. The minimum atomic E-state index is -0.211. The highest BCUT2D eigenvalue weighted by molar-refractivity contribution is 6.02. The van der Waals surface area contributed by atoms with Crippen LogP contribution in [0.1, 0.15) is 25.5 Å². The number of amides is 2. The number of rotatable bonds is 8. The number of carbonyl (C=O) groups excluding carboxylic acids is 2. The molecule has 3 rings (SSSR count). The molecule has 2 amide bonds. The molecule has 0 aromatic heterocycles. The van der Waals surface area contributed by atoms with Gasteiger partial charge in [0.25, 0.3) is 5.91 Å². The van der Waals surface area contributed by atoms with Crippen molar-refractivity contribution in [1.82, 2.24) is 10.2 Å². The SMILES string of the molecule is CCN(CC)C(CNC(=O)CN1C(=O)COc2ccccc21)c1ccccc1. The number of ether oxygens (including phenoxy) is 1. The van der Waals surface area contributed by atoms with Crippen molar-refractivity contribution in [2.45, 2.75) is 19.9 Å². The lowest BCUT2D eigenvalue weighted by Crippen LogP contribution is -2.46. The van der Waals surface area contributed by atoms with Crippen molar-refractivity contribution in [2.24, 2.45) is 0 Å². The summed E-state index contributed by atoms with van der Waals surface area (Å²) in [5, 5.41) is 3.01. The predicted molar refractivity (Wildman–Crippen MR) is 109 cm³/mol. The molecule has 6 nitrogen and oxygen atoms in total. The molecule has 2 aromatic rings. The number of carbonyl (C=O) groups is 2. The van der Waals surface area contributed by atoms with E-state index in [-0.39, 0.29) is 31.0 Å². The number of hydrogen-bond donors (Lipinski definition) is 1. The minimum absolute atomic E-state index is 0.0149. The van der Waals surface area contributed by atoms with Crippen molar-refractivity contribution >= 4 is 17.5 Å². The fraction of sp³-hybridized carbons (Fsp3) is 0.364. The maximum Gasteiger partial charge on any atom is 0.265 e. The Hall–Kier alpha value is -2.86. The summed E-state index contributed by atoms with van der Waals surface area (Å²) in [6, 6.07) is 17.5. The Bertz CT molecular complexity index is 806. The lowest BCUT2D eigenvalue weighted by atomic mass is 10.1. The van der Waals surface area contributed by atoms with Crippen LogP contribution in [0.3, 0.4) is 0 Å². The Balaban J connectivity index is 1.68. The fourth-order valence-corrected chi connectivity index (χ4v) is 3.53. The van der Waals surface area contributed by atoms with Crippen LogP contribution >= 0.6 is 0 Å². The monoisotopic (exact) mass is 381 g/mol. The molecule has 28 heavy (non-hydrogen) atoms. The van der Waals surface area contributed by atoms with Crippen LogP contribution in [0.2, 0.25) is 0 Å². The average molecular weight is 381 g/mol. The quantitative estimate of drug-likeness (QED) is 0.764. The molecule has 1 aliphatic heterocycles. The van der Waals surface area contributed by atoms with Crippen molar-refractivity contribution in [3.8, 4) is 5.75 Å². The maximum atomic E-state index is 12.6. The van der Waals surface area contributed by atoms with Gasteiger partial charge < -0.3 is 10.1 Å². The van der Waals surface area contributed by atoms with Crippen LogP contribution in [0.5, 0.6) is 5.75 Å². The smallest absolute Gasteiger partial charge is 0.265 e. The van der Waals surface area contributed by atoms with Gasteiger partial charge in [0.1, 0.15) is 12.3 Å². The summed E-state index contributed by atoms with van der Waals surface area (Å²) < 4.78 is 5.43. The van der Waals surface area contributed by atoms with E-state index in [1.165, 1.54) is 10.5 Å². The van der Waals surface area contributed by atoms with Crippen LogP contribution in [-0.4, -0.2) is 49.5 Å². The van der Waals surface area contributed by atoms with E-state index in [1.54, 1.807) is 12.1 Å². The van der Waals surface area contributed by atoms with Crippen molar-refractivity contribution in [1.29, 1.82) is 0 Å². The highest BCUT2D eigenvalue weighted by Gasteiger charge is 2.27. The Labute approximate surface area is 166 Å². The molecule has 0 saturated heterocycles. The molecule has 1 heterocycles. The summed E-state index contributed by atoms with van der Waals surface area (Å²) in [6.45, 7) is 6.44. The maximum absolute atomic E-state index is 12.6. The minimum Gasteiger partial charge on any atom is -0.482 e. The van der Waals surface area contributed by atoms with Crippen LogP contribution in [-0.2, 0) is 9.59 Å². The van der Waals surface area contributed by atoms with Crippen LogP contribution in [0, 0.1) is 0 Å². The number of para-hydroxylation sites is 2. The van der Waals surface area contributed by atoms with E-state index >= 15 is 0 Å². The first kappa shape index (κ1) is 19.9. The van der Waals surface area contributed by atoms with E-state index < -0.39 is 0 Å². The van der Waals surface area contributed by atoms with Gasteiger partial charge in [0.2, 0.25) is 5.91 Å². The van der Waals surface area contributed by atoms with Crippen molar-refractivity contribution in [3.05, 3.63) is 60.2 Å². The van der Waals surface area contributed by atoms with Gasteiger partial charge in [-0.15, -0.1) is 0 Å². The van der Waals surface area contributed by atoms with Gasteiger partial charge in [0, 0.05) is 6.54 Å². The van der Waals surface area contributed by atoms with Crippen molar-refractivity contribution < 1.29 is 14.3 Å². The van der Waals surface area contributed by atoms with E-state index in [9.17, 15) is 9.59 Å². The lowest BCUT2D eigenvalue weighted by molar-refractivity contribution is -0.125. The number of benzene rings is 2. The Morgan fingerprint density at radius 3 is 2.50 bits per heavy atom. The number of fused-ring (bicyclic) bond motifs is 1. The first-order valence-electron chi connectivity index (χ1n) is 9.71. The van der Waals surface area contributed by atoms with E-state index in [2.05, 4.69) is 36.2 Å². The van der Waals surface area contributed by atoms with Gasteiger partial charge in [-0.1, -0.05) is 56.3 Å². The number of nitrogens with one attached hydrogen (secondary N) is 1. The average Bonchev–Trinajstić information content (AvgIpc) is 2.74. The van der Waals surface area contributed by atoms with Crippen LogP contribution in [0.25, 0.3) is 0 Å². The Morgan fingerprint density at radius 1 is 1.11 bits per heavy atom. The standard InChI is InChI=1S/C22H27N3O3/c1-3-24(4-2)19(17-10-6-5-7-11-17)14-23-21(26)15-25-18-12-8-9-13-20(18)28-16-22(25)27/h5-13,19H,3-4,14-16H2,1-2H3,(H,23,26). The second-order valence-corrected chi connectivity index (χ2v) is 6.69. The Morgan fingerprint density at radius 2 is 1.79 bits per heavy atom. The largest absolute Gasteiger partial charge is 0.482 e. The van der Waals surface area contributed by atoms with Crippen LogP contribution in [0.15, 0.2) is 54.6 Å². The van der Waals surface area contributed by atoms with E-state index in [1.807, 2.05) is 30.3 Å². The van der Waals surface area contributed by atoms with Gasteiger partial charge in [0.15, 0.2) is 6.61 Å². The zero-order valence-corrected chi connectivity index (χ0v) is 16.4. The molecule has 0 radical (unpaired) electrons. The molecular weight excluding hydrogens is 354 g/mol. The molecule has 1 atom stereocenters. The summed E-state index contributed by atoms with van der Waals surface area (Å²) in [5.41, 5.74) is 1.80. The molecule has 0 fully saturated rings. The van der Waals surface area contributed by atoms with Gasteiger partial charge in [-0.2, -0.15) is 0 Å². The van der Waals surface area contributed by atoms with Crippen molar-refractivity contribution in [2.75, 3.05) is 37.7 Å². The predicted octanol–water partition coefficient (Wildman–Crippen LogP) is 2.61. The zero-order chi connectivity index (χ0) is 19.9. The van der Waals surface area contributed by atoms with Crippen molar-refractivity contribution in [3.63, 3.8) is 0 Å². The highest BCUT2D eigenvalue weighted by Crippen LogP contribution is 2.31.